The van der Waals surface area contributed by atoms with E-state index in [0.29, 0.717) is 22.9 Å². The van der Waals surface area contributed by atoms with Crippen LogP contribution in [0.3, 0.4) is 0 Å². The molecular weight excluding hydrogens is 264 g/mol. The quantitative estimate of drug-likeness (QED) is 0.631. The van der Waals surface area contributed by atoms with Gasteiger partial charge < -0.3 is 0 Å². The largest absolute Gasteiger partial charge is 0.254 e. The number of pyridine rings is 2. The summed E-state index contributed by atoms with van der Waals surface area (Å²) in [6.07, 6.45) is 1.64. The highest BCUT2D eigenvalue weighted by Gasteiger charge is 2.02. The number of isothiocyanates is 2. The van der Waals surface area contributed by atoms with E-state index >= 15 is 0 Å². The molecule has 0 radical (unpaired) electrons. The van der Waals surface area contributed by atoms with Crippen molar-refractivity contribution in [2.24, 2.45) is 9.98 Å². The lowest BCUT2D eigenvalue weighted by atomic mass is 10.2. The Kier molecular flexibility index (Phi) is 4.12. The van der Waals surface area contributed by atoms with E-state index in [2.05, 4.69) is 54.7 Å². The first-order valence-corrected chi connectivity index (χ1v) is 5.74. The molecular formula is C12H6N4S2. The number of hydrogen-bond donors (Lipinski definition) is 0. The highest BCUT2D eigenvalue weighted by Crippen LogP contribution is 2.21. The predicted octanol–water partition coefficient (Wildman–Crippen LogP) is 3.61. The normalized spacial score (nSPS) is 9.11. The van der Waals surface area contributed by atoms with Gasteiger partial charge in [-0.15, -0.1) is 0 Å². The summed E-state index contributed by atoms with van der Waals surface area (Å²) in [6.45, 7) is 0. The van der Waals surface area contributed by atoms with Crippen molar-refractivity contribution in [3.05, 3.63) is 36.5 Å². The van der Waals surface area contributed by atoms with Crippen LogP contribution < -0.4 is 0 Å². The number of aromatic nitrogens is 2. The minimum Gasteiger partial charge on any atom is -0.254 e. The van der Waals surface area contributed by atoms with E-state index in [9.17, 15) is 0 Å². The zero-order valence-electron chi connectivity index (χ0n) is 9.07. The van der Waals surface area contributed by atoms with E-state index in [1.54, 1.807) is 24.4 Å². The standard InChI is InChI=1S/C12H6N4S2/c17-7-14-9-4-5-13-11(6-9)10-2-1-3-12(16-10)15-8-18/h1-6H. The highest BCUT2D eigenvalue weighted by atomic mass is 32.1. The number of nitrogens with zero attached hydrogens (tertiary/aromatic N) is 4. The minimum atomic E-state index is 0.494. The second kappa shape index (κ2) is 6.00. The van der Waals surface area contributed by atoms with E-state index in [1.807, 2.05) is 12.1 Å². The second-order valence-corrected chi connectivity index (χ2v) is 3.55. The molecule has 0 spiro atoms. The van der Waals surface area contributed by atoms with Crippen LogP contribution in [-0.4, -0.2) is 20.3 Å². The molecule has 0 fully saturated rings. The number of aliphatic imine (C=N–C) groups is 2. The molecule has 2 heterocycles. The Balaban J connectivity index is 2.47. The molecule has 0 bridgehead atoms. The van der Waals surface area contributed by atoms with E-state index < -0.39 is 0 Å². The third-order valence-electron chi connectivity index (χ3n) is 2.08. The van der Waals surface area contributed by atoms with Crippen molar-refractivity contribution in [1.82, 2.24) is 9.97 Å². The van der Waals surface area contributed by atoms with Gasteiger partial charge in [-0.3, -0.25) is 4.98 Å². The monoisotopic (exact) mass is 270 g/mol. The summed E-state index contributed by atoms with van der Waals surface area (Å²) in [5, 5.41) is 4.59. The summed E-state index contributed by atoms with van der Waals surface area (Å²) in [5.41, 5.74) is 2.05. The van der Waals surface area contributed by atoms with Crippen LogP contribution >= 0.6 is 24.4 Å². The summed E-state index contributed by atoms with van der Waals surface area (Å²) >= 11 is 9.10. The Morgan fingerprint density at radius 3 is 2.61 bits per heavy atom. The van der Waals surface area contributed by atoms with Crippen molar-refractivity contribution in [1.29, 1.82) is 0 Å². The maximum absolute atomic E-state index is 4.56. The average Bonchev–Trinajstić information content (AvgIpc) is 2.40. The molecule has 0 saturated carbocycles. The van der Waals surface area contributed by atoms with Crippen LogP contribution in [0.15, 0.2) is 46.5 Å². The molecule has 0 saturated heterocycles. The molecule has 0 aliphatic rings. The lowest BCUT2D eigenvalue weighted by Gasteiger charge is -2.00. The Bertz CT molecular complexity index is 612. The van der Waals surface area contributed by atoms with Crippen molar-refractivity contribution >= 4 is 46.3 Å². The summed E-state index contributed by atoms with van der Waals surface area (Å²) < 4.78 is 0. The van der Waals surface area contributed by atoms with Crippen LogP contribution in [-0.2, 0) is 0 Å². The highest BCUT2D eigenvalue weighted by molar-refractivity contribution is 7.78. The van der Waals surface area contributed by atoms with Gasteiger partial charge in [-0.1, -0.05) is 6.07 Å². The van der Waals surface area contributed by atoms with Gasteiger partial charge in [0.05, 0.1) is 27.4 Å². The lowest BCUT2D eigenvalue weighted by molar-refractivity contribution is 1.23. The van der Waals surface area contributed by atoms with Gasteiger partial charge in [0, 0.05) is 6.20 Å². The number of hydrogen-bond acceptors (Lipinski definition) is 6. The molecule has 0 aromatic carbocycles. The molecule has 0 atom stereocenters. The Hall–Kier alpha value is -2.10. The zero-order valence-corrected chi connectivity index (χ0v) is 10.7. The number of rotatable bonds is 3. The fourth-order valence-electron chi connectivity index (χ4n) is 1.36. The minimum absolute atomic E-state index is 0.494. The van der Waals surface area contributed by atoms with Gasteiger partial charge >= 0.3 is 0 Å². The molecule has 0 aliphatic carbocycles. The summed E-state index contributed by atoms with van der Waals surface area (Å²) in [7, 11) is 0. The van der Waals surface area contributed by atoms with Crippen molar-refractivity contribution in [2.45, 2.75) is 0 Å². The Morgan fingerprint density at radius 1 is 1.00 bits per heavy atom. The third kappa shape index (κ3) is 2.97. The topological polar surface area (TPSA) is 50.5 Å². The Labute approximate surface area is 114 Å². The summed E-state index contributed by atoms with van der Waals surface area (Å²) in [4.78, 5) is 16.2. The SMILES string of the molecule is S=C=Nc1ccnc(-c2cccc(N=C=S)n2)c1. The summed E-state index contributed by atoms with van der Waals surface area (Å²) in [5.74, 6) is 0.494. The van der Waals surface area contributed by atoms with Gasteiger partial charge in [-0.05, 0) is 48.7 Å². The molecule has 4 nitrogen and oxygen atoms in total. The van der Waals surface area contributed by atoms with Gasteiger partial charge in [-0.25, -0.2) is 4.98 Å². The smallest absolute Gasteiger partial charge is 0.163 e. The maximum Gasteiger partial charge on any atom is 0.163 e. The van der Waals surface area contributed by atoms with Crippen LogP contribution in [0, 0.1) is 0 Å². The molecule has 0 unspecified atom stereocenters. The molecule has 18 heavy (non-hydrogen) atoms. The van der Waals surface area contributed by atoms with Crippen LogP contribution in [0.25, 0.3) is 11.4 Å². The molecule has 0 amide bonds. The molecule has 2 aromatic rings. The molecule has 0 aliphatic heterocycles. The zero-order chi connectivity index (χ0) is 12.8. The summed E-state index contributed by atoms with van der Waals surface area (Å²) in [6, 6.07) is 8.90. The molecule has 0 N–H and O–H groups in total. The van der Waals surface area contributed by atoms with Crippen LogP contribution in [0.1, 0.15) is 0 Å². The predicted molar refractivity (Wildman–Crippen MR) is 76.8 cm³/mol. The third-order valence-corrected chi connectivity index (χ3v) is 2.26. The average molecular weight is 270 g/mol. The Morgan fingerprint density at radius 2 is 1.83 bits per heavy atom. The van der Waals surface area contributed by atoms with Crippen LogP contribution in [0.4, 0.5) is 11.5 Å². The van der Waals surface area contributed by atoms with Gasteiger partial charge in [0.1, 0.15) is 0 Å². The van der Waals surface area contributed by atoms with Crippen LogP contribution in [0.5, 0.6) is 0 Å². The first-order chi connectivity index (χ1) is 8.83. The van der Waals surface area contributed by atoms with E-state index in [1.165, 1.54) is 0 Å². The van der Waals surface area contributed by atoms with Crippen molar-refractivity contribution in [3.8, 4) is 11.4 Å². The lowest BCUT2D eigenvalue weighted by Crippen LogP contribution is -1.86. The van der Waals surface area contributed by atoms with Gasteiger partial charge in [-0.2, -0.15) is 9.98 Å². The van der Waals surface area contributed by atoms with E-state index in [0.717, 1.165) is 0 Å². The first-order valence-electron chi connectivity index (χ1n) is 4.93. The molecule has 2 aromatic heterocycles. The second-order valence-electron chi connectivity index (χ2n) is 3.19. The van der Waals surface area contributed by atoms with E-state index in [4.69, 9.17) is 0 Å². The van der Waals surface area contributed by atoms with Crippen molar-refractivity contribution < 1.29 is 0 Å². The fourth-order valence-corrected chi connectivity index (χ4v) is 1.56. The van der Waals surface area contributed by atoms with Crippen molar-refractivity contribution in [2.75, 3.05) is 0 Å². The number of thiocarbonyl (C=S) groups is 2. The molecule has 6 heteroatoms. The molecule has 86 valence electrons. The maximum atomic E-state index is 4.56. The fraction of sp³-hybridized carbons (Fsp3) is 0. The van der Waals surface area contributed by atoms with Gasteiger partial charge in [0.25, 0.3) is 0 Å². The first kappa shape index (κ1) is 12.4. The van der Waals surface area contributed by atoms with E-state index in [-0.39, 0.29) is 0 Å². The molecule has 2 rings (SSSR count). The van der Waals surface area contributed by atoms with Gasteiger partial charge in [0.15, 0.2) is 5.82 Å². The van der Waals surface area contributed by atoms with Crippen LogP contribution in [0.2, 0.25) is 0 Å². The van der Waals surface area contributed by atoms with Gasteiger partial charge in [0.2, 0.25) is 0 Å². The van der Waals surface area contributed by atoms with Crippen molar-refractivity contribution in [3.63, 3.8) is 0 Å².